The van der Waals surface area contributed by atoms with E-state index in [-0.39, 0.29) is 0 Å². The standard InChI is InChI=1S/C24H28FN3O4/c1-29-24-26-8-9-28(24)16-19-2-4-20(5-3-19)17-31-22-12-21(25)13-23(14-22)32-27-15-18-6-10-30-11-7-18/h2-5,12-15,18H,6-11,16-17H2,1H3/b27-15-. The number of rotatable bonds is 8. The van der Waals surface area contributed by atoms with E-state index in [1.54, 1.807) is 19.4 Å². The molecule has 0 bridgehead atoms. The number of ether oxygens (including phenoxy) is 3. The predicted octanol–water partition coefficient (Wildman–Crippen LogP) is 4.01. The van der Waals surface area contributed by atoms with E-state index < -0.39 is 5.82 Å². The minimum atomic E-state index is -0.435. The Balaban J connectivity index is 1.29. The first kappa shape index (κ1) is 22.1. The molecule has 0 spiro atoms. The Labute approximate surface area is 187 Å². The van der Waals surface area contributed by atoms with Crippen LogP contribution in [0.25, 0.3) is 0 Å². The molecule has 0 N–H and O–H groups in total. The van der Waals surface area contributed by atoms with Crippen LogP contribution in [0.3, 0.4) is 0 Å². The third-order valence-corrected chi connectivity index (χ3v) is 5.41. The first-order valence-electron chi connectivity index (χ1n) is 10.8. The van der Waals surface area contributed by atoms with Crippen molar-refractivity contribution in [1.29, 1.82) is 0 Å². The highest BCUT2D eigenvalue weighted by atomic mass is 19.1. The molecule has 2 heterocycles. The number of aliphatic imine (C=N–C) groups is 1. The molecule has 8 heteroatoms. The van der Waals surface area contributed by atoms with Crippen LogP contribution in [0.5, 0.6) is 11.5 Å². The van der Waals surface area contributed by atoms with E-state index in [4.69, 9.17) is 19.0 Å². The van der Waals surface area contributed by atoms with Crippen LogP contribution >= 0.6 is 0 Å². The zero-order valence-electron chi connectivity index (χ0n) is 18.2. The molecule has 0 unspecified atom stereocenters. The number of halogens is 1. The summed E-state index contributed by atoms with van der Waals surface area (Å²) in [6.45, 7) is 4.15. The summed E-state index contributed by atoms with van der Waals surface area (Å²) in [4.78, 5) is 11.8. The third-order valence-electron chi connectivity index (χ3n) is 5.41. The fourth-order valence-electron chi connectivity index (χ4n) is 3.65. The highest BCUT2D eigenvalue weighted by Crippen LogP contribution is 2.24. The smallest absolute Gasteiger partial charge is 0.287 e. The van der Waals surface area contributed by atoms with Gasteiger partial charge in [-0.2, -0.15) is 0 Å². The van der Waals surface area contributed by atoms with Gasteiger partial charge in [-0.05, 0) is 24.0 Å². The molecule has 1 fully saturated rings. The Morgan fingerprint density at radius 3 is 2.66 bits per heavy atom. The average molecular weight is 442 g/mol. The summed E-state index contributed by atoms with van der Waals surface area (Å²) in [6, 6.07) is 13.1. The van der Waals surface area contributed by atoms with Crippen molar-refractivity contribution in [2.24, 2.45) is 16.1 Å². The number of benzene rings is 2. The van der Waals surface area contributed by atoms with Crippen molar-refractivity contribution in [2.75, 3.05) is 33.4 Å². The van der Waals surface area contributed by atoms with Crippen LogP contribution in [0.2, 0.25) is 0 Å². The van der Waals surface area contributed by atoms with Crippen LogP contribution < -0.4 is 9.57 Å². The minimum absolute atomic E-state index is 0.305. The lowest BCUT2D eigenvalue weighted by Gasteiger charge is -2.18. The number of nitrogens with zero attached hydrogens (tertiary/aromatic N) is 3. The average Bonchev–Trinajstić information content (AvgIpc) is 3.26. The van der Waals surface area contributed by atoms with E-state index in [9.17, 15) is 4.39 Å². The number of hydrogen-bond acceptors (Lipinski definition) is 7. The zero-order valence-corrected chi connectivity index (χ0v) is 18.2. The molecule has 0 aromatic heterocycles. The fraction of sp³-hybridized carbons (Fsp3) is 0.417. The van der Waals surface area contributed by atoms with Gasteiger partial charge < -0.3 is 23.9 Å². The maximum absolute atomic E-state index is 14.0. The number of amidine groups is 1. The number of oxime groups is 1. The summed E-state index contributed by atoms with van der Waals surface area (Å²) in [7, 11) is 1.64. The van der Waals surface area contributed by atoms with E-state index in [1.807, 2.05) is 12.1 Å². The molecule has 1 saturated heterocycles. The summed E-state index contributed by atoms with van der Waals surface area (Å²) < 4.78 is 30.4. The lowest BCUT2D eigenvalue weighted by molar-refractivity contribution is 0.0833. The van der Waals surface area contributed by atoms with Gasteiger partial charge in [0.25, 0.3) is 6.02 Å². The lowest BCUT2D eigenvalue weighted by Crippen LogP contribution is -2.28. The highest BCUT2D eigenvalue weighted by Gasteiger charge is 2.17. The Morgan fingerprint density at radius 1 is 1.12 bits per heavy atom. The molecule has 0 aliphatic carbocycles. The normalized spacial score (nSPS) is 16.9. The fourth-order valence-corrected chi connectivity index (χ4v) is 3.65. The van der Waals surface area contributed by atoms with Gasteiger partial charge in [0.05, 0.1) is 13.7 Å². The van der Waals surface area contributed by atoms with Crippen LogP contribution in [0.1, 0.15) is 24.0 Å². The zero-order chi connectivity index (χ0) is 22.2. The molecule has 32 heavy (non-hydrogen) atoms. The second-order valence-electron chi connectivity index (χ2n) is 7.81. The van der Waals surface area contributed by atoms with Gasteiger partial charge in [-0.3, -0.25) is 0 Å². The molecule has 0 saturated carbocycles. The first-order chi connectivity index (χ1) is 15.7. The van der Waals surface area contributed by atoms with Crippen molar-refractivity contribution in [3.05, 3.63) is 59.4 Å². The van der Waals surface area contributed by atoms with Crippen LogP contribution in [-0.2, 0) is 22.6 Å². The van der Waals surface area contributed by atoms with Gasteiger partial charge in [0, 0.05) is 56.6 Å². The molecule has 2 aromatic carbocycles. The molecule has 0 amide bonds. The van der Waals surface area contributed by atoms with Crippen LogP contribution in [-0.4, -0.2) is 50.5 Å². The van der Waals surface area contributed by atoms with Gasteiger partial charge in [0.2, 0.25) is 0 Å². The van der Waals surface area contributed by atoms with Crippen molar-refractivity contribution in [3.63, 3.8) is 0 Å². The number of hydrogen-bond donors (Lipinski definition) is 0. The van der Waals surface area contributed by atoms with Gasteiger partial charge >= 0.3 is 0 Å². The van der Waals surface area contributed by atoms with Gasteiger partial charge in [0.1, 0.15) is 18.2 Å². The summed E-state index contributed by atoms with van der Waals surface area (Å²) >= 11 is 0. The largest absolute Gasteiger partial charge is 0.489 e. The van der Waals surface area contributed by atoms with E-state index in [1.165, 1.54) is 12.1 Å². The molecular weight excluding hydrogens is 413 g/mol. The summed E-state index contributed by atoms with van der Waals surface area (Å²) in [5.74, 6) is 0.591. The van der Waals surface area contributed by atoms with Crippen molar-refractivity contribution in [3.8, 4) is 11.5 Å². The van der Waals surface area contributed by atoms with Gasteiger partial charge in [-0.1, -0.05) is 29.4 Å². The molecule has 4 rings (SSSR count). The third kappa shape index (κ3) is 6.20. The Hall–Kier alpha value is -3.13. The molecule has 0 radical (unpaired) electrons. The van der Waals surface area contributed by atoms with E-state index in [0.717, 1.165) is 56.8 Å². The van der Waals surface area contributed by atoms with Crippen molar-refractivity contribution >= 4 is 12.2 Å². The molecule has 2 aliphatic rings. The summed E-state index contributed by atoms with van der Waals surface area (Å²) in [6.07, 6.45) is 3.60. The second kappa shape index (κ2) is 10.9. The van der Waals surface area contributed by atoms with Crippen LogP contribution in [0.4, 0.5) is 4.39 Å². The predicted molar refractivity (Wildman–Crippen MR) is 120 cm³/mol. The maximum Gasteiger partial charge on any atom is 0.287 e. The molecule has 170 valence electrons. The lowest BCUT2D eigenvalue weighted by atomic mass is 10.0. The maximum atomic E-state index is 14.0. The molecule has 0 atom stereocenters. The first-order valence-corrected chi connectivity index (χ1v) is 10.8. The highest BCUT2D eigenvalue weighted by molar-refractivity contribution is 5.75. The quantitative estimate of drug-likeness (QED) is 0.457. The van der Waals surface area contributed by atoms with Gasteiger partial charge in [-0.25, -0.2) is 9.38 Å². The molecule has 2 aliphatic heterocycles. The second-order valence-corrected chi connectivity index (χ2v) is 7.81. The SMILES string of the molecule is COC1=NCCN1Cc1ccc(COc2cc(F)cc(O/N=C\C3CCOCC3)c2)cc1. The monoisotopic (exact) mass is 441 g/mol. The molecule has 7 nitrogen and oxygen atoms in total. The Kier molecular flexibility index (Phi) is 7.55. The van der Waals surface area contributed by atoms with Crippen LogP contribution in [0, 0.1) is 11.7 Å². The summed E-state index contributed by atoms with van der Waals surface area (Å²) in [5.41, 5.74) is 2.14. The number of methoxy groups -OCH3 is 1. The van der Waals surface area contributed by atoms with Crippen molar-refractivity contribution in [2.45, 2.75) is 26.0 Å². The topological polar surface area (TPSA) is 64.9 Å². The molecule has 2 aromatic rings. The van der Waals surface area contributed by atoms with Gasteiger partial charge in [-0.15, -0.1) is 0 Å². The Bertz CT molecular complexity index is 943. The van der Waals surface area contributed by atoms with Crippen molar-refractivity contribution < 1.29 is 23.4 Å². The van der Waals surface area contributed by atoms with Crippen molar-refractivity contribution in [1.82, 2.24) is 4.90 Å². The molecular formula is C24H28FN3O4. The minimum Gasteiger partial charge on any atom is -0.489 e. The van der Waals surface area contributed by atoms with E-state index in [2.05, 4.69) is 27.2 Å². The van der Waals surface area contributed by atoms with E-state index >= 15 is 0 Å². The summed E-state index contributed by atoms with van der Waals surface area (Å²) in [5, 5.41) is 4.00. The van der Waals surface area contributed by atoms with Crippen LogP contribution in [0.15, 0.2) is 52.6 Å². The Morgan fingerprint density at radius 2 is 1.88 bits per heavy atom. The van der Waals surface area contributed by atoms with E-state index in [0.29, 0.717) is 30.0 Å². The van der Waals surface area contributed by atoms with Gasteiger partial charge in [0.15, 0.2) is 5.75 Å².